The van der Waals surface area contributed by atoms with Gasteiger partial charge in [0.25, 0.3) is 0 Å². The number of benzene rings is 1. The van der Waals surface area contributed by atoms with Crippen LogP contribution in [0.5, 0.6) is 0 Å². The van der Waals surface area contributed by atoms with Crippen molar-refractivity contribution in [3.8, 4) is 6.07 Å². The summed E-state index contributed by atoms with van der Waals surface area (Å²) >= 11 is 6.15. The van der Waals surface area contributed by atoms with E-state index in [1.807, 2.05) is 12.1 Å². The summed E-state index contributed by atoms with van der Waals surface area (Å²) in [6, 6.07) is 7.61. The van der Waals surface area contributed by atoms with Crippen molar-refractivity contribution in [3.05, 3.63) is 28.8 Å². The summed E-state index contributed by atoms with van der Waals surface area (Å²) < 4.78 is 0. The second kappa shape index (κ2) is 4.76. The van der Waals surface area contributed by atoms with Gasteiger partial charge in [-0.3, -0.25) is 0 Å². The van der Waals surface area contributed by atoms with Crippen LogP contribution in [0.2, 0.25) is 5.02 Å². The molecule has 0 aromatic heterocycles. The summed E-state index contributed by atoms with van der Waals surface area (Å²) in [5.41, 5.74) is 1.69. The van der Waals surface area contributed by atoms with Crippen molar-refractivity contribution in [1.82, 2.24) is 0 Å². The Morgan fingerprint density at radius 3 is 2.81 bits per heavy atom. The van der Waals surface area contributed by atoms with Gasteiger partial charge in [-0.2, -0.15) is 5.26 Å². The van der Waals surface area contributed by atoms with Crippen LogP contribution in [0.15, 0.2) is 18.2 Å². The summed E-state index contributed by atoms with van der Waals surface area (Å²) in [6.45, 7) is 4.41. The molecule has 0 amide bonds. The van der Waals surface area contributed by atoms with Crippen molar-refractivity contribution in [2.45, 2.75) is 19.8 Å². The molecule has 84 valence electrons. The molecule has 16 heavy (non-hydrogen) atoms. The van der Waals surface area contributed by atoms with E-state index in [0.717, 1.165) is 24.7 Å². The van der Waals surface area contributed by atoms with Crippen molar-refractivity contribution in [1.29, 1.82) is 5.26 Å². The summed E-state index contributed by atoms with van der Waals surface area (Å²) in [5.74, 6) is 0.816. The quantitative estimate of drug-likeness (QED) is 0.801. The Labute approximate surface area is 101 Å². The van der Waals surface area contributed by atoms with Crippen LogP contribution in [-0.2, 0) is 0 Å². The van der Waals surface area contributed by atoms with E-state index in [9.17, 15) is 0 Å². The number of halogens is 1. The Kier molecular flexibility index (Phi) is 3.36. The molecule has 1 aromatic rings. The van der Waals surface area contributed by atoms with Crippen LogP contribution in [0.3, 0.4) is 0 Å². The average Bonchev–Trinajstić information content (AvgIpc) is 2.23. The van der Waals surface area contributed by atoms with Crippen LogP contribution in [0.4, 0.5) is 5.69 Å². The molecule has 0 bridgehead atoms. The molecule has 0 spiro atoms. The first kappa shape index (κ1) is 11.3. The molecule has 1 fully saturated rings. The molecule has 0 radical (unpaired) electrons. The van der Waals surface area contributed by atoms with Crippen molar-refractivity contribution in [3.63, 3.8) is 0 Å². The van der Waals surface area contributed by atoms with E-state index in [-0.39, 0.29) is 0 Å². The topological polar surface area (TPSA) is 27.0 Å². The van der Waals surface area contributed by atoms with E-state index in [1.54, 1.807) is 6.07 Å². The van der Waals surface area contributed by atoms with E-state index in [1.165, 1.54) is 12.8 Å². The van der Waals surface area contributed by atoms with E-state index in [2.05, 4.69) is 17.9 Å². The van der Waals surface area contributed by atoms with Crippen molar-refractivity contribution >= 4 is 17.3 Å². The smallest absolute Gasteiger partial charge is 0.0992 e. The molecular formula is C13H15ClN2. The molecular weight excluding hydrogens is 220 g/mol. The van der Waals surface area contributed by atoms with Gasteiger partial charge in [0.15, 0.2) is 0 Å². The van der Waals surface area contributed by atoms with Crippen LogP contribution >= 0.6 is 11.6 Å². The fraction of sp³-hybridized carbons (Fsp3) is 0.462. The second-order valence-electron chi connectivity index (χ2n) is 4.34. The Morgan fingerprint density at radius 1 is 1.50 bits per heavy atom. The van der Waals surface area contributed by atoms with E-state index >= 15 is 0 Å². The summed E-state index contributed by atoms with van der Waals surface area (Å²) in [7, 11) is 0. The predicted octanol–water partition coefficient (Wildman–Crippen LogP) is 3.45. The highest BCUT2D eigenvalue weighted by molar-refractivity contribution is 6.33. The lowest BCUT2D eigenvalue weighted by atomic mass is 9.94. The van der Waals surface area contributed by atoms with Crippen molar-refractivity contribution in [2.75, 3.05) is 18.0 Å². The number of rotatable bonds is 3. The Balaban J connectivity index is 2.04. The molecule has 0 aliphatic carbocycles. The molecule has 0 N–H and O–H groups in total. The third kappa shape index (κ3) is 2.15. The minimum atomic E-state index is 0.624. The zero-order chi connectivity index (χ0) is 11.5. The molecule has 1 aliphatic heterocycles. The number of nitrogens with zero attached hydrogens (tertiary/aromatic N) is 2. The first-order valence-corrected chi connectivity index (χ1v) is 6.07. The average molecular weight is 235 g/mol. The van der Waals surface area contributed by atoms with E-state index in [4.69, 9.17) is 16.9 Å². The molecule has 1 aliphatic rings. The minimum Gasteiger partial charge on any atom is -0.370 e. The lowest BCUT2D eigenvalue weighted by Crippen LogP contribution is -2.46. The van der Waals surface area contributed by atoms with Gasteiger partial charge in [0.2, 0.25) is 0 Å². The van der Waals surface area contributed by atoms with Gasteiger partial charge in [-0.05, 0) is 30.5 Å². The summed E-state index contributed by atoms with van der Waals surface area (Å²) in [5, 5.41) is 9.44. The third-order valence-electron chi connectivity index (χ3n) is 3.07. The molecule has 1 aromatic carbocycles. The van der Waals surface area contributed by atoms with E-state index < -0.39 is 0 Å². The highest BCUT2D eigenvalue weighted by Gasteiger charge is 2.27. The van der Waals surface area contributed by atoms with Gasteiger partial charge in [-0.25, -0.2) is 0 Å². The number of hydrogen-bond donors (Lipinski definition) is 0. The van der Waals surface area contributed by atoms with Gasteiger partial charge < -0.3 is 4.90 Å². The zero-order valence-corrected chi connectivity index (χ0v) is 10.2. The maximum atomic E-state index is 8.75. The molecule has 2 rings (SSSR count). The second-order valence-corrected chi connectivity index (χ2v) is 4.74. The highest BCUT2D eigenvalue weighted by atomic mass is 35.5. The van der Waals surface area contributed by atoms with E-state index in [0.29, 0.717) is 10.6 Å². The van der Waals surface area contributed by atoms with Crippen LogP contribution in [0, 0.1) is 17.2 Å². The normalized spacial score (nSPS) is 15.7. The maximum Gasteiger partial charge on any atom is 0.0992 e. The molecule has 0 atom stereocenters. The third-order valence-corrected chi connectivity index (χ3v) is 3.37. The van der Waals surface area contributed by atoms with Crippen LogP contribution in [0.1, 0.15) is 25.3 Å². The monoisotopic (exact) mass is 234 g/mol. The number of hydrogen-bond acceptors (Lipinski definition) is 2. The van der Waals surface area contributed by atoms with Gasteiger partial charge in [0.05, 0.1) is 22.3 Å². The molecule has 0 saturated carbocycles. The molecule has 0 unspecified atom stereocenters. The fourth-order valence-electron chi connectivity index (χ4n) is 2.19. The molecule has 1 heterocycles. The van der Waals surface area contributed by atoms with Crippen LogP contribution < -0.4 is 4.90 Å². The lowest BCUT2D eigenvalue weighted by molar-refractivity contribution is 0.381. The van der Waals surface area contributed by atoms with Gasteiger partial charge in [0.1, 0.15) is 0 Å². The number of anilines is 1. The minimum absolute atomic E-state index is 0.624. The van der Waals surface area contributed by atoms with Gasteiger partial charge >= 0.3 is 0 Å². The standard InChI is InChI=1S/C13H15ClN2/c1-2-3-11-8-16(9-11)13-5-4-10(7-15)6-12(13)14/h4-6,11H,2-3,8-9H2,1H3. The van der Waals surface area contributed by atoms with Crippen molar-refractivity contribution < 1.29 is 0 Å². The first-order valence-electron chi connectivity index (χ1n) is 5.69. The summed E-state index contributed by atoms with van der Waals surface area (Å²) in [6.07, 6.45) is 2.55. The SMILES string of the molecule is CCCC1CN(c2ccc(C#N)cc2Cl)C1. The lowest BCUT2D eigenvalue weighted by Gasteiger charge is -2.41. The largest absolute Gasteiger partial charge is 0.370 e. The zero-order valence-electron chi connectivity index (χ0n) is 9.41. The first-order chi connectivity index (χ1) is 7.74. The Morgan fingerprint density at radius 2 is 2.25 bits per heavy atom. The molecule has 3 heteroatoms. The summed E-state index contributed by atoms with van der Waals surface area (Å²) in [4.78, 5) is 2.28. The fourth-order valence-corrected chi connectivity index (χ4v) is 2.49. The highest BCUT2D eigenvalue weighted by Crippen LogP contribution is 2.33. The Hall–Kier alpha value is -1.20. The predicted molar refractivity (Wildman–Crippen MR) is 66.8 cm³/mol. The Bertz CT molecular complexity index is 416. The van der Waals surface area contributed by atoms with Gasteiger partial charge in [0, 0.05) is 13.1 Å². The van der Waals surface area contributed by atoms with Crippen molar-refractivity contribution in [2.24, 2.45) is 5.92 Å². The molecule has 2 nitrogen and oxygen atoms in total. The van der Waals surface area contributed by atoms with Gasteiger partial charge in [-0.15, -0.1) is 0 Å². The van der Waals surface area contributed by atoms with Gasteiger partial charge in [-0.1, -0.05) is 24.9 Å². The maximum absolute atomic E-state index is 8.75. The molecule has 1 saturated heterocycles. The van der Waals surface area contributed by atoms with Crippen LogP contribution in [0.25, 0.3) is 0 Å². The number of nitriles is 1. The van der Waals surface area contributed by atoms with Crippen LogP contribution in [-0.4, -0.2) is 13.1 Å².